The Morgan fingerprint density at radius 1 is 1.62 bits per heavy atom. The molecule has 0 aromatic carbocycles. The first-order chi connectivity index (χ1) is 7.54. The van der Waals surface area contributed by atoms with E-state index in [1.165, 1.54) is 0 Å². The molecule has 0 aliphatic carbocycles. The molecule has 3 atom stereocenters. The minimum absolute atomic E-state index is 0.0707. The fourth-order valence-electron chi connectivity index (χ4n) is 2.17. The van der Waals surface area contributed by atoms with Gasteiger partial charge in [0.25, 0.3) is 0 Å². The monoisotopic (exact) mass is 229 g/mol. The van der Waals surface area contributed by atoms with Crippen molar-refractivity contribution in [1.82, 2.24) is 5.32 Å². The molecule has 0 spiro atoms. The number of aliphatic carboxylic acids is 1. The largest absolute Gasteiger partial charge is 0.480 e. The second-order valence-electron chi connectivity index (χ2n) is 4.70. The first kappa shape index (κ1) is 13.5. The lowest BCUT2D eigenvalue weighted by Crippen LogP contribution is -2.59. The molecule has 0 radical (unpaired) electrons. The fourth-order valence-corrected chi connectivity index (χ4v) is 2.17. The van der Waals surface area contributed by atoms with Crippen LogP contribution in [0.3, 0.4) is 0 Å². The van der Waals surface area contributed by atoms with Gasteiger partial charge in [-0.15, -0.1) is 0 Å². The first-order valence-electron chi connectivity index (χ1n) is 6.16. The number of nitrogens with one attached hydrogen (secondary N) is 1. The topological polar surface area (TPSA) is 58.6 Å². The Hall–Kier alpha value is -0.610. The maximum absolute atomic E-state index is 11.5. The number of carboxylic acids is 1. The molecule has 94 valence electrons. The van der Waals surface area contributed by atoms with Crippen molar-refractivity contribution in [2.24, 2.45) is 0 Å². The summed E-state index contributed by atoms with van der Waals surface area (Å²) in [6.07, 6.45) is 3.01. The first-order valence-corrected chi connectivity index (χ1v) is 6.16. The summed E-state index contributed by atoms with van der Waals surface area (Å²) >= 11 is 0. The lowest BCUT2D eigenvalue weighted by atomic mass is 9.85. The van der Waals surface area contributed by atoms with E-state index in [9.17, 15) is 9.90 Å². The summed E-state index contributed by atoms with van der Waals surface area (Å²) < 4.78 is 5.54. The molecule has 0 amide bonds. The van der Waals surface area contributed by atoms with Crippen LogP contribution in [0.25, 0.3) is 0 Å². The molecule has 4 heteroatoms. The third-order valence-corrected chi connectivity index (χ3v) is 3.46. The van der Waals surface area contributed by atoms with E-state index >= 15 is 0 Å². The molecule has 0 saturated carbocycles. The van der Waals surface area contributed by atoms with Crippen molar-refractivity contribution < 1.29 is 14.6 Å². The highest BCUT2D eigenvalue weighted by molar-refractivity contribution is 5.79. The Labute approximate surface area is 97.4 Å². The smallest absolute Gasteiger partial charge is 0.324 e. The minimum Gasteiger partial charge on any atom is -0.480 e. The van der Waals surface area contributed by atoms with Crippen LogP contribution in [-0.2, 0) is 9.53 Å². The molecule has 1 saturated heterocycles. The number of carbonyl (C=O) groups is 1. The normalized spacial score (nSPS) is 32.3. The van der Waals surface area contributed by atoms with Crippen LogP contribution >= 0.6 is 0 Å². The zero-order valence-corrected chi connectivity index (χ0v) is 10.5. The highest BCUT2D eigenvalue weighted by Crippen LogP contribution is 2.27. The van der Waals surface area contributed by atoms with E-state index in [-0.39, 0.29) is 12.1 Å². The maximum Gasteiger partial charge on any atom is 0.324 e. The summed E-state index contributed by atoms with van der Waals surface area (Å²) in [4.78, 5) is 11.5. The van der Waals surface area contributed by atoms with Crippen LogP contribution < -0.4 is 5.32 Å². The molecule has 1 rings (SSSR count). The lowest BCUT2D eigenvalue weighted by molar-refractivity contribution is -0.152. The van der Waals surface area contributed by atoms with E-state index in [1.54, 1.807) is 0 Å². The fraction of sp³-hybridized carbons (Fsp3) is 0.917. The van der Waals surface area contributed by atoms with Crippen molar-refractivity contribution >= 4 is 5.97 Å². The highest BCUT2D eigenvalue weighted by Gasteiger charge is 2.43. The van der Waals surface area contributed by atoms with Crippen LogP contribution in [-0.4, -0.2) is 35.4 Å². The number of hydrogen-bond donors (Lipinski definition) is 2. The third-order valence-electron chi connectivity index (χ3n) is 3.46. The minimum atomic E-state index is -0.783. The van der Waals surface area contributed by atoms with Gasteiger partial charge in [0, 0.05) is 19.1 Å². The Morgan fingerprint density at radius 2 is 2.31 bits per heavy atom. The van der Waals surface area contributed by atoms with Crippen molar-refractivity contribution in [3.8, 4) is 0 Å². The van der Waals surface area contributed by atoms with E-state index in [1.807, 2.05) is 13.8 Å². The van der Waals surface area contributed by atoms with Crippen molar-refractivity contribution in [3.63, 3.8) is 0 Å². The van der Waals surface area contributed by atoms with E-state index in [0.29, 0.717) is 19.4 Å². The van der Waals surface area contributed by atoms with Gasteiger partial charge in [-0.25, -0.2) is 0 Å². The van der Waals surface area contributed by atoms with Gasteiger partial charge in [-0.3, -0.25) is 10.1 Å². The summed E-state index contributed by atoms with van der Waals surface area (Å²) in [6.45, 7) is 6.66. The van der Waals surface area contributed by atoms with Gasteiger partial charge in [-0.1, -0.05) is 13.8 Å². The van der Waals surface area contributed by atoms with Crippen LogP contribution in [0.2, 0.25) is 0 Å². The summed E-state index contributed by atoms with van der Waals surface area (Å²) in [5.74, 6) is -0.741. The number of carboxylic acid groups (broad SMARTS) is 1. The molecule has 0 aromatic rings. The molecular formula is C12H23NO3. The molecule has 4 nitrogen and oxygen atoms in total. The van der Waals surface area contributed by atoms with Gasteiger partial charge in [0.2, 0.25) is 0 Å². The van der Waals surface area contributed by atoms with E-state index in [0.717, 1.165) is 12.8 Å². The molecular weight excluding hydrogens is 206 g/mol. The van der Waals surface area contributed by atoms with Gasteiger partial charge >= 0.3 is 5.97 Å². The van der Waals surface area contributed by atoms with Gasteiger partial charge in [-0.2, -0.15) is 0 Å². The second kappa shape index (κ2) is 5.64. The van der Waals surface area contributed by atoms with Gasteiger partial charge in [-0.05, 0) is 26.2 Å². The maximum atomic E-state index is 11.5. The van der Waals surface area contributed by atoms with Gasteiger partial charge < -0.3 is 9.84 Å². The van der Waals surface area contributed by atoms with Crippen molar-refractivity contribution in [3.05, 3.63) is 0 Å². The quantitative estimate of drug-likeness (QED) is 0.754. The SMILES string of the molecule is CCC(C)NC1(C(=O)O)CCOC(CC)C1. The second-order valence-corrected chi connectivity index (χ2v) is 4.70. The van der Waals surface area contributed by atoms with Crippen LogP contribution in [0.5, 0.6) is 0 Å². The Kier molecular flexibility index (Phi) is 4.74. The molecule has 3 unspecified atom stereocenters. The summed E-state index contributed by atoms with van der Waals surface area (Å²) in [7, 11) is 0. The third kappa shape index (κ3) is 2.95. The van der Waals surface area contributed by atoms with Crippen molar-refractivity contribution in [1.29, 1.82) is 0 Å². The molecule has 1 heterocycles. The van der Waals surface area contributed by atoms with Crippen LogP contribution in [0.4, 0.5) is 0 Å². The van der Waals surface area contributed by atoms with Gasteiger partial charge in [0.1, 0.15) is 5.54 Å². The average Bonchev–Trinajstić information content (AvgIpc) is 2.28. The van der Waals surface area contributed by atoms with E-state index in [2.05, 4.69) is 12.2 Å². The molecule has 16 heavy (non-hydrogen) atoms. The van der Waals surface area contributed by atoms with Crippen molar-refractivity contribution in [2.75, 3.05) is 6.61 Å². The number of rotatable bonds is 5. The Morgan fingerprint density at radius 3 is 2.81 bits per heavy atom. The van der Waals surface area contributed by atoms with Gasteiger partial charge in [0.15, 0.2) is 0 Å². The highest BCUT2D eigenvalue weighted by atomic mass is 16.5. The molecule has 1 aliphatic rings. The zero-order valence-electron chi connectivity index (χ0n) is 10.5. The molecule has 1 aliphatic heterocycles. The van der Waals surface area contributed by atoms with E-state index < -0.39 is 11.5 Å². The predicted molar refractivity (Wildman–Crippen MR) is 62.5 cm³/mol. The molecule has 0 bridgehead atoms. The Balaban J connectivity index is 2.75. The summed E-state index contributed by atoms with van der Waals surface area (Å²) in [5, 5.41) is 12.7. The summed E-state index contributed by atoms with van der Waals surface area (Å²) in [6, 6.07) is 0.228. The van der Waals surface area contributed by atoms with Crippen LogP contribution in [0, 0.1) is 0 Å². The van der Waals surface area contributed by atoms with E-state index in [4.69, 9.17) is 4.74 Å². The van der Waals surface area contributed by atoms with Crippen molar-refractivity contribution in [2.45, 2.75) is 64.1 Å². The molecule has 0 aromatic heterocycles. The predicted octanol–water partition coefficient (Wildman–Crippen LogP) is 1.79. The Bertz CT molecular complexity index is 240. The standard InChI is InChI=1S/C12H23NO3/c1-4-9(3)13-12(11(14)15)6-7-16-10(5-2)8-12/h9-10,13H,4-8H2,1-3H3,(H,14,15). The molecule has 1 fully saturated rings. The average molecular weight is 229 g/mol. The van der Waals surface area contributed by atoms with Crippen LogP contribution in [0.1, 0.15) is 46.5 Å². The number of hydrogen-bond acceptors (Lipinski definition) is 3. The number of ether oxygens (including phenoxy) is 1. The lowest BCUT2D eigenvalue weighted by Gasteiger charge is -2.39. The van der Waals surface area contributed by atoms with Crippen LogP contribution in [0.15, 0.2) is 0 Å². The zero-order chi connectivity index (χ0) is 12.2. The summed E-state index contributed by atoms with van der Waals surface area (Å²) in [5.41, 5.74) is -0.783. The molecule has 2 N–H and O–H groups in total. The van der Waals surface area contributed by atoms with Gasteiger partial charge in [0.05, 0.1) is 6.10 Å².